The zero-order chi connectivity index (χ0) is 27.4. The van der Waals surface area contributed by atoms with Gasteiger partial charge in [-0.1, -0.05) is 72.8 Å². The molecule has 7 heteroatoms. The van der Waals surface area contributed by atoms with Gasteiger partial charge in [-0.05, 0) is 50.7 Å². The van der Waals surface area contributed by atoms with Gasteiger partial charge in [0.1, 0.15) is 6.61 Å². The highest BCUT2D eigenvalue weighted by Crippen LogP contribution is 2.21. The van der Waals surface area contributed by atoms with E-state index in [2.05, 4.69) is 5.32 Å². The lowest BCUT2D eigenvalue weighted by Gasteiger charge is -2.29. The molecule has 3 rings (SSSR count). The summed E-state index contributed by atoms with van der Waals surface area (Å²) >= 11 is 0. The fraction of sp³-hybridized carbons (Fsp3) is 0.452. The first kappa shape index (κ1) is 29.1. The van der Waals surface area contributed by atoms with Crippen LogP contribution in [0.2, 0.25) is 0 Å². The first-order chi connectivity index (χ1) is 18.3. The van der Waals surface area contributed by atoms with Gasteiger partial charge in [-0.3, -0.25) is 14.4 Å². The van der Waals surface area contributed by atoms with Crippen LogP contribution in [-0.4, -0.2) is 53.1 Å². The van der Waals surface area contributed by atoms with E-state index in [0.717, 1.165) is 11.1 Å². The van der Waals surface area contributed by atoms with E-state index in [4.69, 9.17) is 4.74 Å². The second kappa shape index (κ2) is 14.5. The van der Waals surface area contributed by atoms with Crippen LogP contribution < -0.4 is 5.32 Å². The third-order valence-electron chi connectivity index (χ3n) is 6.69. The molecule has 0 aliphatic carbocycles. The minimum Gasteiger partial charge on any atom is -0.463 e. The summed E-state index contributed by atoms with van der Waals surface area (Å²) in [7, 11) is 0. The Hall–Kier alpha value is -3.45. The van der Waals surface area contributed by atoms with E-state index in [-0.39, 0.29) is 49.9 Å². The van der Waals surface area contributed by atoms with Crippen molar-refractivity contribution in [1.29, 1.82) is 0 Å². The number of aliphatic hydroxyl groups is 1. The number of nitrogens with zero attached hydrogens (tertiary/aromatic N) is 1. The highest BCUT2D eigenvalue weighted by Gasteiger charge is 2.31. The van der Waals surface area contributed by atoms with Gasteiger partial charge in [-0.15, -0.1) is 0 Å². The Kier molecular flexibility index (Phi) is 11.1. The van der Waals surface area contributed by atoms with E-state index < -0.39 is 11.5 Å². The fourth-order valence-corrected chi connectivity index (χ4v) is 4.56. The minimum absolute atomic E-state index is 0.0233. The molecular formula is C31H40N2O5. The van der Waals surface area contributed by atoms with Gasteiger partial charge in [0.05, 0.1) is 24.0 Å². The van der Waals surface area contributed by atoms with Gasteiger partial charge in [0, 0.05) is 19.5 Å². The molecule has 2 unspecified atom stereocenters. The second-order valence-electron chi connectivity index (χ2n) is 10.6. The number of cyclic esters (lactones) is 1. The molecule has 2 aromatic carbocycles. The Balaban J connectivity index is 1.71. The zero-order valence-electron chi connectivity index (χ0n) is 22.5. The van der Waals surface area contributed by atoms with Crippen LogP contribution in [0.4, 0.5) is 0 Å². The van der Waals surface area contributed by atoms with Crippen LogP contribution in [0.3, 0.4) is 0 Å². The summed E-state index contributed by atoms with van der Waals surface area (Å²) in [5.41, 5.74) is 1.25. The van der Waals surface area contributed by atoms with Crippen LogP contribution in [0.1, 0.15) is 50.7 Å². The number of amides is 2. The monoisotopic (exact) mass is 520 g/mol. The fourth-order valence-electron chi connectivity index (χ4n) is 4.56. The number of allylic oxidation sites excluding steroid dienone is 2. The number of carbonyl (C=O) groups excluding carboxylic acids is 3. The Bertz CT molecular complexity index is 1070. The average Bonchev–Trinajstić information content (AvgIpc) is 2.91. The quantitative estimate of drug-likeness (QED) is 0.404. The summed E-state index contributed by atoms with van der Waals surface area (Å²) < 4.78 is 5.68. The molecule has 0 saturated heterocycles. The number of esters is 1. The van der Waals surface area contributed by atoms with E-state index in [1.165, 1.54) is 0 Å². The molecule has 0 fully saturated rings. The maximum Gasteiger partial charge on any atom is 0.309 e. The summed E-state index contributed by atoms with van der Waals surface area (Å²) in [5, 5.41) is 12.5. The van der Waals surface area contributed by atoms with Gasteiger partial charge in [-0.2, -0.15) is 0 Å². The Morgan fingerprint density at radius 2 is 1.66 bits per heavy atom. The lowest BCUT2D eigenvalue weighted by molar-refractivity contribution is -0.151. The lowest BCUT2D eigenvalue weighted by atomic mass is 9.94. The molecule has 2 N–H and O–H groups in total. The third-order valence-corrected chi connectivity index (χ3v) is 6.69. The second-order valence-corrected chi connectivity index (χ2v) is 10.6. The zero-order valence-corrected chi connectivity index (χ0v) is 22.5. The summed E-state index contributed by atoms with van der Waals surface area (Å²) in [4.78, 5) is 41.1. The number of rotatable bonds is 8. The van der Waals surface area contributed by atoms with Gasteiger partial charge < -0.3 is 20.1 Å². The minimum atomic E-state index is -0.794. The maximum absolute atomic E-state index is 13.3. The van der Waals surface area contributed by atoms with Crippen molar-refractivity contribution >= 4 is 17.8 Å². The van der Waals surface area contributed by atoms with E-state index >= 15 is 0 Å². The van der Waals surface area contributed by atoms with Gasteiger partial charge in [0.15, 0.2) is 0 Å². The molecule has 7 nitrogen and oxygen atoms in total. The van der Waals surface area contributed by atoms with Gasteiger partial charge in [0.25, 0.3) is 0 Å². The van der Waals surface area contributed by atoms with Crippen LogP contribution in [0.25, 0.3) is 0 Å². The summed E-state index contributed by atoms with van der Waals surface area (Å²) in [6.07, 6.45) is 6.24. The molecule has 0 saturated carbocycles. The maximum atomic E-state index is 13.3. The van der Waals surface area contributed by atoms with Gasteiger partial charge >= 0.3 is 5.97 Å². The van der Waals surface area contributed by atoms with Crippen molar-refractivity contribution in [3.63, 3.8) is 0 Å². The number of carbonyl (C=O) groups is 3. The van der Waals surface area contributed by atoms with Crippen molar-refractivity contribution in [3.8, 4) is 0 Å². The number of ether oxygens (including phenoxy) is 1. The molecule has 1 aliphatic rings. The molecule has 2 aromatic rings. The first-order valence-electron chi connectivity index (χ1n) is 13.4. The molecule has 0 radical (unpaired) electrons. The van der Waals surface area contributed by atoms with Crippen LogP contribution in [-0.2, 0) is 32.1 Å². The number of hydrogen-bond acceptors (Lipinski definition) is 5. The van der Waals surface area contributed by atoms with Crippen molar-refractivity contribution < 1.29 is 24.2 Å². The number of benzene rings is 2. The number of aliphatic hydroxyl groups excluding tert-OH is 1. The van der Waals surface area contributed by atoms with E-state index in [9.17, 15) is 19.5 Å². The van der Waals surface area contributed by atoms with Crippen molar-refractivity contribution in [3.05, 3.63) is 83.9 Å². The number of nitrogens with one attached hydrogen (secondary N) is 1. The Morgan fingerprint density at radius 1 is 1.00 bits per heavy atom. The molecule has 38 heavy (non-hydrogen) atoms. The molecule has 1 aliphatic heterocycles. The molecule has 2 amide bonds. The molecule has 2 atom stereocenters. The molecule has 0 spiro atoms. The van der Waals surface area contributed by atoms with E-state index in [1.54, 1.807) is 4.90 Å². The largest absolute Gasteiger partial charge is 0.463 e. The number of hydrogen-bond donors (Lipinski definition) is 2. The van der Waals surface area contributed by atoms with Crippen LogP contribution in [0.5, 0.6) is 0 Å². The summed E-state index contributed by atoms with van der Waals surface area (Å²) in [5.74, 6) is -1.57. The Morgan fingerprint density at radius 3 is 2.32 bits per heavy atom. The summed E-state index contributed by atoms with van der Waals surface area (Å²) in [6, 6.07) is 19.5. The molecule has 1 heterocycles. The predicted octanol–water partition coefficient (Wildman–Crippen LogP) is 4.05. The van der Waals surface area contributed by atoms with Crippen molar-refractivity contribution in [2.45, 2.75) is 58.0 Å². The SMILES string of the molecule is CC1(C)COC(=O)C(Cc2ccccc2)CCC=CCC(CC(=O)N(CCO)Cc2ccccc2)C(=O)N1. The summed E-state index contributed by atoms with van der Waals surface area (Å²) in [6.45, 7) is 4.08. The van der Waals surface area contributed by atoms with E-state index in [1.807, 2.05) is 86.7 Å². The molecular weight excluding hydrogens is 480 g/mol. The normalized spacial score (nSPS) is 20.3. The molecule has 0 bridgehead atoms. The standard InChI is InChI=1S/C31H40N2O5/c1-31(2)23-38-30(37)27(20-24-12-6-3-7-13-24)17-11-5-10-16-26(29(36)32-31)21-28(35)33(18-19-34)22-25-14-8-4-9-15-25/h3-10,12-15,26-27,34H,11,16-23H2,1-2H3,(H,32,36). The van der Waals surface area contributed by atoms with Gasteiger partial charge in [0.2, 0.25) is 11.8 Å². The van der Waals surface area contributed by atoms with Crippen molar-refractivity contribution in [1.82, 2.24) is 10.2 Å². The van der Waals surface area contributed by atoms with Crippen LogP contribution in [0.15, 0.2) is 72.8 Å². The van der Waals surface area contributed by atoms with Gasteiger partial charge in [-0.25, -0.2) is 0 Å². The predicted molar refractivity (Wildman–Crippen MR) is 147 cm³/mol. The van der Waals surface area contributed by atoms with Crippen LogP contribution >= 0.6 is 0 Å². The van der Waals surface area contributed by atoms with Crippen LogP contribution in [0, 0.1) is 11.8 Å². The first-order valence-corrected chi connectivity index (χ1v) is 13.4. The lowest BCUT2D eigenvalue weighted by Crippen LogP contribution is -2.50. The Labute approximate surface area is 225 Å². The van der Waals surface area contributed by atoms with Crippen molar-refractivity contribution in [2.75, 3.05) is 19.8 Å². The molecule has 0 aromatic heterocycles. The van der Waals surface area contributed by atoms with E-state index in [0.29, 0.717) is 32.2 Å². The third kappa shape index (κ3) is 9.45. The molecule has 204 valence electrons. The smallest absolute Gasteiger partial charge is 0.309 e. The highest BCUT2D eigenvalue weighted by molar-refractivity contribution is 5.86. The average molecular weight is 521 g/mol. The topological polar surface area (TPSA) is 95.9 Å². The van der Waals surface area contributed by atoms with Crippen molar-refractivity contribution in [2.24, 2.45) is 11.8 Å². The highest BCUT2D eigenvalue weighted by atomic mass is 16.5.